The van der Waals surface area contributed by atoms with Gasteiger partial charge in [-0.3, -0.25) is 4.99 Å². The Balaban J connectivity index is 0.00000256. The summed E-state index contributed by atoms with van der Waals surface area (Å²) in [5, 5.41) is 11.5. The highest BCUT2D eigenvalue weighted by Gasteiger charge is 2.15. The van der Waals surface area contributed by atoms with Gasteiger partial charge >= 0.3 is 0 Å². The number of aliphatic imine (C=N–C) groups is 1. The molecule has 30 heavy (non-hydrogen) atoms. The minimum atomic E-state index is 0. The highest BCUT2D eigenvalue weighted by molar-refractivity contribution is 14.0. The molecule has 1 aliphatic heterocycles. The van der Waals surface area contributed by atoms with Crippen molar-refractivity contribution in [2.24, 2.45) is 4.99 Å². The first-order valence-corrected chi connectivity index (χ1v) is 11.3. The fourth-order valence-electron chi connectivity index (χ4n) is 3.96. The number of hydrogen-bond acceptors (Lipinski definition) is 4. The number of rotatable bonds is 7. The zero-order valence-electron chi connectivity index (χ0n) is 17.7. The lowest BCUT2D eigenvalue weighted by Crippen LogP contribution is -2.39. The van der Waals surface area contributed by atoms with Crippen LogP contribution in [-0.4, -0.2) is 49.2 Å². The fourth-order valence-corrected chi connectivity index (χ4v) is 4.87. The Morgan fingerprint density at radius 1 is 1.20 bits per heavy atom. The number of H-pyrrole nitrogens is 1. The number of benzene rings is 1. The van der Waals surface area contributed by atoms with Gasteiger partial charge in [0.1, 0.15) is 0 Å². The standard InChI is InChI=1S/C22H30N6S.HI/c1-16-6-5-7-19-20(16)17(14-26-19)8-10-24-21(23-2)25-11-9-18-15-29-22(27-18)28-12-3-4-13-28;/h5-7,14-15,26H,3-4,8-13H2,1-2H3,(H2,23,24,25);1H. The van der Waals surface area contributed by atoms with Gasteiger partial charge in [0.15, 0.2) is 11.1 Å². The highest BCUT2D eigenvalue weighted by atomic mass is 127. The van der Waals surface area contributed by atoms with Crippen LogP contribution in [0.3, 0.4) is 0 Å². The summed E-state index contributed by atoms with van der Waals surface area (Å²) >= 11 is 1.76. The van der Waals surface area contributed by atoms with E-state index in [9.17, 15) is 0 Å². The molecule has 3 aromatic rings. The van der Waals surface area contributed by atoms with Crippen LogP contribution < -0.4 is 15.5 Å². The van der Waals surface area contributed by atoms with Gasteiger partial charge in [0, 0.05) is 62.1 Å². The molecular weight excluding hydrogens is 507 g/mol. The summed E-state index contributed by atoms with van der Waals surface area (Å²) in [6.07, 6.45) is 6.56. The third-order valence-corrected chi connectivity index (χ3v) is 6.45. The first-order valence-electron chi connectivity index (χ1n) is 10.4. The van der Waals surface area contributed by atoms with Crippen molar-refractivity contribution in [3.05, 3.63) is 46.6 Å². The second-order valence-corrected chi connectivity index (χ2v) is 8.39. The highest BCUT2D eigenvalue weighted by Crippen LogP contribution is 2.24. The van der Waals surface area contributed by atoms with Crippen LogP contribution in [0, 0.1) is 6.92 Å². The number of thiazole rings is 1. The molecule has 0 atom stereocenters. The third-order valence-electron chi connectivity index (χ3n) is 5.50. The van der Waals surface area contributed by atoms with E-state index in [-0.39, 0.29) is 24.0 Å². The van der Waals surface area contributed by atoms with Crippen LogP contribution in [-0.2, 0) is 12.8 Å². The van der Waals surface area contributed by atoms with Gasteiger partial charge in [-0.2, -0.15) is 0 Å². The molecule has 6 nitrogen and oxygen atoms in total. The van der Waals surface area contributed by atoms with E-state index in [1.54, 1.807) is 11.3 Å². The summed E-state index contributed by atoms with van der Waals surface area (Å²) in [5.74, 6) is 0.844. The molecule has 1 aromatic carbocycles. The summed E-state index contributed by atoms with van der Waals surface area (Å²) in [6, 6.07) is 6.40. The quantitative estimate of drug-likeness (QED) is 0.241. The summed E-state index contributed by atoms with van der Waals surface area (Å²) in [5.41, 5.74) is 5.03. The van der Waals surface area contributed by atoms with E-state index < -0.39 is 0 Å². The Labute approximate surface area is 199 Å². The molecule has 0 amide bonds. The van der Waals surface area contributed by atoms with Crippen LogP contribution in [0.1, 0.15) is 29.7 Å². The minimum Gasteiger partial charge on any atom is -0.361 e. The molecule has 3 N–H and O–H groups in total. The van der Waals surface area contributed by atoms with Gasteiger partial charge in [0.2, 0.25) is 0 Å². The van der Waals surface area contributed by atoms with Gasteiger partial charge < -0.3 is 20.5 Å². The van der Waals surface area contributed by atoms with Crippen LogP contribution in [0.15, 0.2) is 34.8 Å². The maximum Gasteiger partial charge on any atom is 0.190 e. The number of fused-ring (bicyclic) bond motifs is 1. The Bertz CT molecular complexity index is 973. The lowest BCUT2D eigenvalue weighted by Gasteiger charge is -2.12. The molecule has 162 valence electrons. The predicted molar refractivity (Wildman–Crippen MR) is 139 cm³/mol. The molecule has 0 saturated carbocycles. The topological polar surface area (TPSA) is 68.3 Å². The third kappa shape index (κ3) is 5.46. The SMILES string of the molecule is CN=C(NCCc1csc(N2CCCC2)n1)NCCc1c[nH]c2cccc(C)c12.I. The Morgan fingerprint density at radius 2 is 1.97 bits per heavy atom. The molecule has 4 rings (SSSR count). The van der Waals surface area contributed by atoms with Crippen molar-refractivity contribution in [3.63, 3.8) is 0 Å². The normalized spacial score (nSPS) is 14.2. The maximum absolute atomic E-state index is 4.79. The maximum atomic E-state index is 4.79. The minimum absolute atomic E-state index is 0. The van der Waals surface area contributed by atoms with Crippen molar-refractivity contribution in [3.8, 4) is 0 Å². The van der Waals surface area contributed by atoms with Crippen LogP contribution in [0.5, 0.6) is 0 Å². The number of aromatic amines is 1. The molecule has 1 saturated heterocycles. The van der Waals surface area contributed by atoms with E-state index in [1.807, 2.05) is 7.05 Å². The van der Waals surface area contributed by atoms with Crippen molar-refractivity contribution in [2.45, 2.75) is 32.6 Å². The molecule has 0 radical (unpaired) electrons. The Kier molecular flexibility index (Phi) is 8.38. The van der Waals surface area contributed by atoms with Gasteiger partial charge in [0.05, 0.1) is 5.69 Å². The van der Waals surface area contributed by atoms with Crippen LogP contribution in [0.25, 0.3) is 10.9 Å². The lowest BCUT2D eigenvalue weighted by molar-refractivity contribution is 0.778. The molecule has 1 fully saturated rings. The van der Waals surface area contributed by atoms with Crippen LogP contribution in [0.2, 0.25) is 0 Å². The van der Waals surface area contributed by atoms with E-state index >= 15 is 0 Å². The van der Waals surface area contributed by atoms with Crippen molar-refractivity contribution >= 4 is 57.3 Å². The number of aromatic nitrogens is 2. The smallest absolute Gasteiger partial charge is 0.190 e. The summed E-state index contributed by atoms with van der Waals surface area (Å²) < 4.78 is 0. The fraction of sp³-hybridized carbons (Fsp3) is 0.455. The number of aryl methyl sites for hydroxylation is 1. The second kappa shape index (κ2) is 11.0. The molecule has 0 spiro atoms. The molecule has 0 aliphatic carbocycles. The van der Waals surface area contributed by atoms with Crippen molar-refractivity contribution in [1.29, 1.82) is 0 Å². The van der Waals surface area contributed by atoms with E-state index in [2.05, 4.69) is 62.2 Å². The van der Waals surface area contributed by atoms with E-state index in [0.717, 1.165) is 50.7 Å². The van der Waals surface area contributed by atoms with Crippen molar-refractivity contribution < 1.29 is 0 Å². The predicted octanol–water partition coefficient (Wildman–Crippen LogP) is 4.10. The number of halogens is 1. The Hall–Kier alpha value is -1.81. The van der Waals surface area contributed by atoms with Crippen LogP contribution in [0.4, 0.5) is 5.13 Å². The molecule has 2 aromatic heterocycles. The summed E-state index contributed by atoms with van der Waals surface area (Å²) in [4.78, 5) is 14.9. The van der Waals surface area contributed by atoms with Gasteiger partial charge in [-0.1, -0.05) is 12.1 Å². The molecule has 8 heteroatoms. The van der Waals surface area contributed by atoms with Crippen molar-refractivity contribution in [2.75, 3.05) is 38.1 Å². The number of hydrogen-bond donors (Lipinski definition) is 3. The number of guanidine groups is 1. The zero-order chi connectivity index (χ0) is 20.1. The zero-order valence-corrected chi connectivity index (χ0v) is 20.8. The van der Waals surface area contributed by atoms with Crippen LogP contribution >= 0.6 is 35.3 Å². The van der Waals surface area contributed by atoms with E-state index in [4.69, 9.17) is 4.98 Å². The molecule has 1 aliphatic rings. The lowest BCUT2D eigenvalue weighted by atomic mass is 10.1. The average Bonchev–Trinajstić information content (AvgIpc) is 3.48. The van der Waals surface area contributed by atoms with Gasteiger partial charge in [-0.15, -0.1) is 35.3 Å². The molecule has 3 heterocycles. The van der Waals surface area contributed by atoms with E-state index in [0.29, 0.717) is 0 Å². The van der Waals surface area contributed by atoms with E-state index in [1.165, 1.54) is 40.0 Å². The monoisotopic (exact) mass is 538 g/mol. The average molecular weight is 539 g/mol. The second-order valence-electron chi connectivity index (χ2n) is 7.55. The number of nitrogens with zero attached hydrogens (tertiary/aromatic N) is 3. The first-order chi connectivity index (χ1) is 14.2. The summed E-state index contributed by atoms with van der Waals surface area (Å²) in [7, 11) is 1.82. The first kappa shape index (κ1) is 22.9. The molecular formula is C22H31IN6S. The number of nitrogens with one attached hydrogen (secondary N) is 3. The number of anilines is 1. The van der Waals surface area contributed by atoms with Gasteiger partial charge in [-0.25, -0.2) is 4.98 Å². The molecule has 0 bridgehead atoms. The van der Waals surface area contributed by atoms with Crippen molar-refractivity contribution in [1.82, 2.24) is 20.6 Å². The van der Waals surface area contributed by atoms with Gasteiger partial charge in [-0.05, 0) is 43.4 Å². The largest absolute Gasteiger partial charge is 0.361 e. The van der Waals surface area contributed by atoms with Gasteiger partial charge in [0.25, 0.3) is 0 Å². The molecule has 0 unspecified atom stereocenters. The summed E-state index contributed by atoms with van der Waals surface area (Å²) in [6.45, 7) is 6.14. The Morgan fingerprint density at radius 3 is 2.73 bits per heavy atom.